The monoisotopic (exact) mass is 507 g/mol. The van der Waals surface area contributed by atoms with Gasteiger partial charge in [-0.1, -0.05) is 47.3 Å². The molecule has 0 aliphatic rings. The Morgan fingerprint density at radius 2 is 1.41 bits per heavy atom. The number of unbranched alkanes of at least 4 members (excludes halogenated alkanes) is 1. The zero-order valence-corrected chi connectivity index (χ0v) is 25.8. The fourth-order valence-electron chi connectivity index (χ4n) is 3.83. The van der Waals surface area contributed by atoms with Crippen molar-refractivity contribution in [3.63, 3.8) is 0 Å². The number of hydrogen-bond acceptors (Lipinski definition) is 6. The molecule has 0 aromatic heterocycles. The average Bonchev–Trinajstić information content (AvgIpc) is 2.73. The molecule has 0 rings (SSSR count). The molecule has 0 saturated carbocycles. The molecule has 0 saturated heterocycles. The standard InChI is InChI=1S/C23H53NO5Si3/c1-11-22(7)28-32(26-12-2,27-13-3)20-18-17-19-24(30(8,9)10)21-23(25)29-31(14-4,15-5)16-6/h22H,11-21H2,1-10H3. The minimum Gasteiger partial charge on any atom is -0.518 e. The SMILES string of the molecule is CCO[Si](CCCCN(CC(=O)O[Si](CC)(CC)CC)[Si](C)(C)C)(OCC)OC(C)CC. The molecule has 0 aliphatic heterocycles. The number of carbonyl (C=O) groups is 1. The summed E-state index contributed by atoms with van der Waals surface area (Å²) >= 11 is 0. The van der Waals surface area contributed by atoms with E-state index in [9.17, 15) is 4.79 Å². The average molecular weight is 508 g/mol. The third-order valence-electron chi connectivity index (χ3n) is 6.38. The highest BCUT2D eigenvalue weighted by atomic mass is 28.4. The summed E-state index contributed by atoms with van der Waals surface area (Å²) in [5, 5.41) is 0. The molecule has 9 heteroatoms. The second-order valence-corrected chi connectivity index (χ2v) is 22.0. The molecular formula is C23H53NO5Si3. The van der Waals surface area contributed by atoms with Crippen LogP contribution < -0.4 is 0 Å². The maximum atomic E-state index is 12.8. The van der Waals surface area contributed by atoms with Crippen LogP contribution in [0.2, 0.25) is 43.8 Å². The Kier molecular flexibility index (Phi) is 15.8. The van der Waals surface area contributed by atoms with Gasteiger partial charge < -0.3 is 22.3 Å². The van der Waals surface area contributed by atoms with Crippen LogP contribution in [-0.4, -0.2) is 68.3 Å². The Morgan fingerprint density at radius 3 is 1.81 bits per heavy atom. The van der Waals surface area contributed by atoms with Crippen molar-refractivity contribution in [2.24, 2.45) is 0 Å². The van der Waals surface area contributed by atoms with E-state index in [0.717, 1.165) is 50.0 Å². The minimum atomic E-state index is -2.67. The van der Waals surface area contributed by atoms with Crippen molar-refractivity contribution in [3.8, 4) is 0 Å². The van der Waals surface area contributed by atoms with Crippen molar-refractivity contribution in [1.82, 2.24) is 4.57 Å². The lowest BCUT2D eigenvalue weighted by Crippen LogP contribution is -2.51. The van der Waals surface area contributed by atoms with Crippen LogP contribution in [0.4, 0.5) is 0 Å². The van der Waals surface area contributed by atoms with Crippen molar-refractivity contribution < 1.29 is 22.5 Å². The highest BCUT2D eigenvalue weighted by Crippen LogP contribution is 2.24. The summed E-state index contributed by atoms with van der Waals surface area (Å²) < 4.78 is 27.0. The summed E-state index contributed by atoms with van der Waals surface area (Å²) in [4.78, 5) is 12.8. The van der Waals surface area contributed by atoms with Gasteiger partial charge in [-0.25, -0.2) is 0 Å². The fraction of sp³-hybridized carbons (Fsp3) is 0.957. The van der Waals surface area contributed by atoms with E-state index in [1.165, 1.54) is 0 Å². The van der Waals surface area contributed by atoms with E-state index in [1.807, 2.05) is 13.8 Å². The molecular weight excluding hydrogens is 455 g/mol. The first kappa shape index (κ1) is 32.0. The first-order valence-corrected chi connectivity index (χ1v) is 20.8. The second kappa shape index (κ2) is 15.8. The lowest BCUT2D eigenvalue weighted by Gasteiger charge is -2.36. The van der Waals surface area contributed by atoms with Gasteiger partial charge in [0.15, 0.2) is 0 Å². The van der Waals surface area contributed by atoms with Crippen molar-refractivity contribution in [1.29, 1.82) is 0 Å². The molecule has 0 spiro atoms. The van der Waals surface area contributed by atoms with Crippen molar-refractivity contribution in [2.45, 2.75) is 118 Å². The molecule has 6 nitrogen and oxygen atoms in total. The molecule has 0 N–H and O–H groups in total. The van der Waals surface area contributed by atoms with Crippen LogP contribution in [0.1, 0.15) is 67.7 Å². The summed E-state index contributed by atoms with van der Waals surface area (Å²) in [6, 6.07) is 3.81. The molecule has 1 unspecified atom stereocenters. The summed E-state index contributed by atoms with van der Waals surface area (Å²) in [7, 11) is -6.23. The molecule has 0 fully saturated rings. The van der Waals surface area contributed by atoms with Crippen molar-refractivity contribution >= 4 is 31.3 Å². The van der Waals surface area contributed by atoms with Crippen LogP contribution in [0.3, 0.4) is 0 Å². The maximum absolute atomic E-state index is 12.8. The Hall–Kier alpha value is -0.0394. The predicted octanol–water partition coefficient (Wildman–Crippen LogP) is 6.28. The summed E-state index contributed by atoms with van der Waals surface area (Å²) in [6.45, 7) is 24.1. The molecule has 0 amide bonds. The van der Waals surface area contributed by atoms with Crippen molar-refractivity contribution in [3.05, 3.63) is 0 Å². The van der Waals surface area contributed by atoms with E-state index in [2.05, 4.69) is 58.8 Å². The van der Waals surface area contributed by atoms with Crippen LogP contribution in [-0.2, 0) is 22.5 Å². The van der Waals surface area contributed by atoms with E-state index in [4.69, 9.17) is 17.7 Å². The largest absolute Gasteiger partial charge is 0.518 e. The molecule has 32 heavy (non-hydrogen) atoms. The normalized spacial score (nSPS) is 14.1. The van der Waals surface area contributed by atoms with Gasteiger partial charge in [0.2, 0.25) is 0 Å². The van der Waals surface area contributed by atoms with E-state index >= 15 is 0 Å². The van der Waals surface area contributed by atoms with Gasteiger partial charge in [-0.15, -0.1) is 0 Å². The maximum Gasteiger partial charge on any atom is 0.501 e. The first-order valence-electron chi connectivity index (χ1n) is 12.9. The third kappa shape index (κ3) is 11.4. The number of rotatable bonds is 19. The smallest absolute Gasteiger partial charge is 0.501 e. The first-order chi connectivity index (χ1) is 15.0. The van der Waals surface area contributed by atoms with Crippen LogP contribution in [0, 0.1) is 0 Å². The summed E-state index contributed by atoms with van der Waals surface area (Å²) in [6.07, 6.45) is 3.04. The zero-order chi connectivity index (χ0) is 24.8. The highest BCUT2D eigenvalue weighted by molar-refractivity contribution is 6.75. The van der Waals surface area contributed by atoms with Crippen LogP contribution in [0.15, 0.2) is 0 Å². The zero-order valence-electron chi connectivity index (χ0n) is 22.8. The van der Waals surface area contributed by atoms with Gasteiger partial charge in [-0.3, -0.25) is 4.79 Å². The molecule has 192 valence electrons. The van der Waals surface area contributed by atoms with E-state index in [0.29, 0.717) is 19.8 Å². The number of hydrogen-bond donors (Lipinski definition) is 0. The summed E-state index contributed by atoms with van der Waals surface area (Å²) in [5.74, 6) is -0.0305. The molecule has 0 heterocycles. The van der Waals surface area contributed by atoms with E-state index in [-0.39, 0.29) is 12.1 Å². The Balaban J connectivity index is 5.04. The second-order valence-electron chi connectivity index (χ2n) is 9.65. The van der Waals surface area contributed by atoms with Crippen LogP contribution >= 0.6 is 0 Å². The summed E-state index contributed by atoms with van der Waals surface area (Å²) in [5.41, 5.74) is 0. The van der Waals surface area contributed by atoms with Gasteiger partial charge in [0, 0.05) is 25.4 Å². The van der Waals surface area contributed by atoms with Gasteiger partial charge in [-0.05, 0) is 64.7 Å². The molecule has 0 radical (unpaired) electrons. The lowest BCUT2D eigenvalue weighted by molar-refractivity contribution is -0.135. The van der Waals surface area contributed by atoms with Crippen molar-refractivity contribution in [2.75, 3.05) is 26.3 Å². The minimum absolute atomic E-state index is 0.0305. The topological polar surface area (TPSA) is 57.2 Å². The van der Waals surface area contributed by atoms with E-state index < -0.39 is 25.4 Å². The van der Waals surface area contributed by atoms with Gasteiger partial charge in [-0.2, -0.15) is 0 Å². The van der Waals surface area contributed by atoms with Crippen LogP contribution in [0.5, 0.6) is 0 Å². The Bertz CT molecular complexity index is 498. The van der Waals surface area contributed by atoms with Gasteiger partial charge in [0.05, 0.1) is 6.54 Å². The fourth-order valence-corrected chi connectivity index (χ4v) is 10.7. The lowest BCUT2D eigenvalue weighted by atomic mass is 10.3. The quantitative estimate of drug-likeness (QED) is 0.151. The highest BCUT2D eigenvalue weighted by Gasteiger charge is 2.41. The molecule has 0 aromatic carbocycles. The molecule has 0 aliphatic carbocycles. The Labute approximate surface area is 202 Å². The predicted molar refractivity (Wildman–Crippen MR) is 142 cm³/mol. The van der Waals surface area contributed by atoms with Gasteiger partial charge >= 0.3 is 14.8 Å². The van der Waals surface area contributed by atoms with Gasteiger partial charge in [0.1, 0.15) is 8.24 Å². The Morgan fingerprint density at radius 1 is 0.875 bits per heavy atom. The molecule has 1 atom stereocenters. The van der Waals surface area contributed by atoms with E-state index in [1.54, 1.807) is 0 Å². The van der Waals surface area contributed by atoms with Gasteiger partial charge in [0.25, 0.3) is 8.32 Å². The molecule has 0 aromatic rings. The number of carbonyl (C=O) groups excluding carboxylic acids is 1. The molecule has 0 bridgehead atoms. The third-order valence-corrected chi connectivity index (χ3v) is 16.4. The van der Waals surface area contributed by atoms with Crippen LogP contribution in [0.25, 0.3) is 0 Å². The number of nitrogens with zero attached hydrogens (tertiary/aromatic N) is 1.